The van der Waals surface area contributed by atoms with E-state index in [0.717, 1.165) is 5.92 Å². The Hall–Kier alpha value is -0.820. The molecule has 0 radical (unpaired) electrons. The third-order valence-corrected chi connectivity index (χ3v) is 3.81. The van der Waals surface area contributed by atoms with E-state index in [1.54, 1.807) is 0 Å². The highest BCUT2D eigenvalue weighted by Gasteiger charge is 2.29. The molecule has 1 nitrogen and oxygen atoms in total. The van der Waals surface area contributed by atoms with E-state index in [1.807, 2.05) is 0 Å². The summed E-state index contributed by atoms with van der Waals surface area (Å²) < 4.78 is 0. The quantitative estimate of drug-likeness (QED) is 0.801. The second kappa shape index (κ2) is 4.36. The summed E-state index contributed by atoms with van der Waals surface area (Å²) in [6.45, 7) is 4.59. The Labute approximate surface area is 92.7 Å². The summed E-state index contributed by atoms with van der Waals surface area (Å²) in [4.78, 5) is 0. The molecule has 0 saturated carbocycles. The van der Waals surface area contributed by atoms with Crippen LogP contribution >= 0.6 is 0 Å². The van der Waals surface area contributed by atoms with Crippen molar-refractivity contribution in [3.8, 4) is 0 Å². The van der Waals surface area contributed by atoms with Gasteiger partial charge in [0.15, 0.2) is 0 Å². The molecular weight excluding hydrogens is 182 g/mol. The number of hydrogen-bond donors (Lipinski definition) is 1. The topological polar surface area (TPSA) is 26.0 Å². The molecule has 0 amide bonds. The van der Waals surface area contributed by atoms with E-state index < -0.39 is 0 Å². The number of rotatable bonds is 3. The molecule has 1 aromatic carbocycles. The zero-order valence-electron chi connectivity index (χ0n) is 9.74. The lowest BCUT2D eigenvalue weighted by Gasteiger charge is -2.19. The molecule has 0 heterocycles. The van der Waals surface area contributed by atoms with Crippen molar-refractivity contribution in [3.05, 3.63) is 35.4 Å². The van der Waals surface area contributed by atoms with Gasteiger partial charge in [0.25, 0.3) is 0 Å². The first-order valence-corrected chi connectivity index (χ1v) is 6.05. The minimum atomic E-state index is 0.273. The van der Waals surface area contributed by atoms with E-state index >= 15 is 0 Å². The smallest absolute Gasteiger partial charge is 0.0329 e. The molecule has 1 aromatic rings. The second-order valence-electron chi connectivity index (χ2n) is 4.94. The largest absolute Gasteiger partial charge is 0.324 e. The number of benzene rings is 1. The van der Waals surface area contributed by atoms with Crippen molar-refractivity contribution in [2.45, 2.75) is 39.2 Å². The van der Waals surface area contributed by atoms with Crippen molar-refractivity contribution in [1.29, 1.82) is 0 Å². The predicted molar refractivity (Wildman–Crippen MR) is 64.6 cm³/mol. The molecule has 1 heteroatoms. The SMILES string of the molecule is CCC(C)CC1Cc2ccccc2C1N. The molecular formula is C14H21N. The third kappa shape index (κ3) is 2.07. The summed E-state index contributed by atoms with van der Waals surface area (Å²) >= 11 is 0. The molecule has 0 saturated heterocycles. The van der Waals surface area contributed by atoms with Crippen LogP contribution in [-0.4, -0.2) is 0 Å². The average Bonchev–Trinajstić information content (AvgIpc) is 2.57. The molecule has 2 rings (SSSR count). The zero-order valence-corrected chi connectivity index (χ0v) is 9.74. The van der Waals surface area contributed by atoms with Crippen LogP contribution in [0.25, 0.3) is 0 Å². The van der Waals surface area contributed by atoms with Gasteiger partial charge in [0.05, 0.1) is 0 Å². The highest BCUT2D eigenvalue weighted by atomic mass is 14.7. The van der Waals surface area contributed by atoms with Crippen LogP contribution in [0.2, 0.25) is 0 Å². The van der Waals surface area contributed by atoms with Gasteiger partial charge in [0.1, 0.15) is 0 Å². The van der Waals surface area contributed by atoms with Gasteiger partial charge in [-0.15, -0.1) is 0 Å². The molecule has 15 heavy (non-hydrogen) atoms. The summed E-state index contributed by atoms with van der Waals surface area (Å²) in [7, 11) is 0. The van der Waals surface area contributed by atoms with Crippen LogP contribution in [-0.2, 0) is 6.42 Å². The lowest BCUT2D eigenvalue weighted by Crippen LogP contribution is -2.18. The lowest BCUT2D eigenvalue weighted by atomic mass is 9.89. The van der Waals surface area contributed by atoms with E-state index in [2.05, 4.69) is 38.1 Å². The van der Waals surface area contributed by atoms with Crippen LogP contribution in [0.5, 0.6) is 0 Å². The molecule has 82 valence electrons. The Bertz CT molecular complexity index is 332. The van der Waals surface area contributed by atoms with Crippen molar-refractivity contribution >= 4 is 0 Å². The highest BCUT2D eigenvalue weighted by Crippen LogP contribution is 2.37. The molecule has 0 spiro atoms. The molecule has 0 aromatic heterocycles. The molecule has 0 aliphatic heterocycles. The van der Waals surface area contributed by atoms with Crippen molar-refractivity contribution in [3.63, 3.8) is 0 Å². The molecule has 2 N–H and O–H groups in total. The Kier molecular flexibility index (Phi) is 3.11. The van der Waals surface area contributed by atoms with Crippen LogP contribution in [0.4, 0.5) is 0 Å². The fourth-order valence-electron chi connectivity index (χ4n) is 2.62. The van der Waals surface area contributed by atoms with Crippen molar-refractivity contribution in [2.24, 2.45) is 17.6 Å². The number of hydrogen-bond acceptors (Lipinski definition) is 1. The van der Waals surface area contributed by atoms with Crippen LogP contribution in [0.1, 0.15) is 43.9 Å². The van der Waals surface area contributed by atoms with E-state index in [1.165, 1.54) is 30.4 Å². The van der Waals surface area contributed by atoms with Crippen LogP contribution < -0.4 is 5.73 Å². The minimum absolute atomic E-state index is 0.273. The maximum Gasteiger partial charge on any atom is 0.0329 e. The van der Waals surface area contributed by atoms with Crippen LogP contribution in [0, 0.1) is 11.8 Å². The van der Waals surface area contributed by atoms with Gasteiger partial charge in [-0.25, -0.2) is 0 Å². The molecule has 3 unspecified atom stereocenters. The maximum atomic E-state index is 6.29. The van der Waals surface area contributed by atoms with Gasteiger partial charge in [-0.3, -0.25) is 0 Å². The zero-order chi connectivity index (χ0) is 10.8. The monoisotopic (exact) mass is 203 g/mol. The van der Waals surface area contributed by atoms with E-state index in [0.29, 0.717) is 5.92 Å². The summed E-state index contributed by atoms with van der Waals surface area (Å²) in [5.74, 6) is 1.47. The first-order valence-electron chi connectivity index (χ1n) is 6.05. The number of nitrogens with two attached hydrogens (primary N) is 1. The van der Waals surface area contributed by atoms with E-state index in [-0.39, 0.29) is 6.04 Å². The first-order chi connectivity index (χ1) is 7.22. The number of fused-ring (bicyclic) bond motifs is 1. The van der Waals surface area contributed by atoms with Gasteiger partial charge in [-0.1, -0.05) is 44.5 Å². The summed E-state index contributed by atoms with van der Waals surface area (Å²) in [5, 5.41) is 0. The third-order valence-electron chi connectivity index (χ3n) is 3.81. The Morgan fingerprint density at radius 3 is 2.80 bits per heavy atom. The molecule has 1 aliphatic rings. The average molecular weight is 203 g/mol. The van der Waals surface area contributed by atoms with E-state index in [9.17, 15) is 0 Å². The first kappa shape index (κ1) is 10.7. The Morgan fingerprint density at radius 1 is 1.40 bits per heavy atom. The second-order valence-corrected chi connectivity index (χ2v) is 4.94. The molecule has 3 atom stereocenters. The molecule has 1 aliphatic carbocycles. The Morgan fingerprint density at radius 2 is 2.13 bits per heavy atom. The fraction of sp³-hybridized carbons (Fsp3) is 0.571. The summed E-state index contributed by atoms with van der Waals surface area (Å²) in [5.41, 5.74) is 9.14. The standard InChI is InChI=1S/C14H21N/c1-3-10(2)8-12-9-11-6-4-5-7-13(11)14(12)15/h4-7,10,12,14H,3,8-9,15H2,1-2H3. The van der Waals surface area contributed by atoms with Crippen molar-refractivity contribution < 1.29 is 0 Å². The normalized spacial score (nSPS) is 26.3. The lowest BCUT2D eigenvalue weighted by molar-refractivity contribution is 0.352. The minimum Gasteiger partial charge on any atom is -0.324 e. The van der Waals surface area contributed by atoms with Gasteiger partial charge < -0.3 is 5.73 Å². The van der Waals surface area contributed by atoms with Crippen molar-refractivity contribution in [2.75, 3.05) is 0 Å². The Balaban J connectivity index is 2.10. The van der Waals surface area contributed by atoms with Gasteiger partial charge in [0.2, 0.25) is 0 Å². The van der Waals surface area contributed by atoms with Crippen molar-refractivity contribution in [1.82, 2.24) is 0 Å². The van der Waals surface area contributed by atoms with Crippen LogP contribution in [0.3, 0.4) is 0 Å². The van der Waals surface area contributed by atoms with Gasteiger partial charge in [-0.2, -0.15) is 0 Å². The van der Waals surface area contributed by atoms with Gasteiger partial charge >= 0.3 is 0 Å². The maximum absolute atomic E-state index is 6.29. The predicted octanol–water partition coefficient (Wildman–Crippen LogP) is 3.29. The summed E-state index contributed by atoms with van der Waals surface area (Å²) in [6, 6.07) is 8.92. The van der Waals surface area contributed by atoms with Gasteiger partial charge in [0, 0.05) is 6.04 Å². The van der Waals surface area contributed by atoms with Gasteiger partial charge in [-0.05, 0) is 35.8 Å². The summed E-state index contributed by atoms with van der Waals surface area (Å²) in [6.07, 6.45) is 3.72. The fourth-order valence-corrected chi connectivity index (χ4v) is 2.62. The van der Waals surface area contributed by atoms with E-state index in [4.69, 9.17) is 5.73 Å². The highest BCUT2D eigenvalue weighted by molar-refractivity contribution is 5.35. The molecule has 0 bridgehead atoms. The molecule has 0 fully saturated rings. The van der Waals surface area contributed by atoms with Crippen LogP contribution in [0.15, 0.2) is 24.3 Å².